The molecule has 5 heteroatoms. The summed E-state index contributed by atoms with van der Waals surface area (Å²) in [5.74, 6) is 1.49. The van der Waals surface area contributed by atoms with Crippen LogP contribution in [0.1, 0.15) is 35.7 Å². The van der Waals surface area contributed by atoms with Gasteiger partial charge in [-0.1, -0.05) is 17.7 Å². The molecule has 2 aliphatic rings. The Kier molecular flexibility index (Phi) is 4.47. The average Bonchev–Trinajstić information content (AvgIpc) is 3.15. The van der Waals surface area contributed by atoms with Crippen molar-refractivity contribution in [3.63, 3.8) is 0 Å². The van der Waals surface area contributed by atoms with E-state index in [9.17, 15) is 0 Å². The van der Waals surface area contributed by atoms with Crippen LogP contribution in [0, 0.1) is 0 Å². The molecule has 1 fully saturated rings. The minimum atomic E-state index is 0.532. The monoisotopic (exact) mass is 349 g/mol. The molecule has 2 aromatic rings. The van der Waals surface area contributed by atoms with Crippen LogP contribution in [0.5, 0.6) is 11.5 Å². The lowest BCUT2D eigenvalue weighted by molar-refractivity contribution is 0.251. The molecule has 3 heterocycles. The molecule has 1 atom stereocenters. The summed E-state index contributed by atoms with van der Waals surface area (Å²) in [6, 6.07) is 9.04. The third-order valence-electron chi connectivity index (χ3n) is 4.48. The summed E-state index contributed by atoms with van der Waals surface area (Å²) in [6.07, 6.45) is 3.38. The molecule has 122 valence electrons. The molecule has 0 spiro atoms. The van der Waals surface area contributed by atoms with Crippen molar-refractivity contribution in [2.24, 2.45) is 0 Å². The Labute approximate surface area is 145 Å². The maximum Gasteiger partial charge on any atom is 0.179 e. The van der Waals surface area contributed by atoms with E-state index in [4.69, 9.17) is 21.1 Å². The number of halogens is 1. The third kappa shape index (κ3) is 3.21. The number of hydrogen-bond donors (Lipinski definition) is 0. The predicted molar refractivity (Wildman–Crippen MR) is 93.8 cm³/mol. The number of ether oxygens (including phenoxy) is 2. The minimum Gasteiger partial charge on any atom is -0.489 e. The zero-order valence-electron chi connectivity index (χ0n) is 13.0. The van der Waals surface area contributed by atoms with Gasteiger partial charge in [-0.25, -0.2) is 0 Å². The van der Waals surface area contributed by atoms with Crippen LogP contribution in [0.2, 0.25) is 5.02 Å². The van der Waals surface area contributed by atoms with Crippen LogP contribution in [0.3, 0.4) is 0 Å². The fourth-order valence-corrected chi connectivity index (χ4v) is 4.61. The van der Waals surface area contributed by atoms with Gasteiger partial charge in [0, 0.05) is 23.9 Å². The van der Waals surface area contributed by atoms with Crippen LogP contribution in [-0.4, -0.2) is 24.7 Å². The van der Waals surface area contributed by atoms with E-state index in [0.29, 0.717) is 30.0 Å². The van der Waals surface area contributed by atoms with Gasteiger partial charge in [0.15, 0.2) is 11.5 Å². The first-order chi connectivity index (χ1) is 11.3. The first kappa shape index (κ1) is 15.3. The molecule has 23 heavy (non-hydrogen) atoms. The van der Waals surface area contributed by atoms with Crippen LogP contribution < -0.4 is 9.47 Å². The van der Waals surface area contributed by atoms with Gasteiger partial charge in [0.2, 0.25) is 0 Å². The molecule has 2 aliphatic heterocycles. The van der Waals surface area contributed by atoms with Crippen molar-refractivity contribution in [3.05, 3.63) is 45.1 Å². The van der Waals surface area contributed by atoms with Crippen molar-refractivity contribution in [1.82, 2.24) is 4.90 Å². The van der Waals surface area contributed by atoms with Gasteiger partial charge in [0.25, 0.3) is 0 Å². The summed E-state index contributed by atoms with van der Waals surface area (Å²) < 4.78 is 11.5. The summed E-state index contributed by atoms with van der Waals surface area (Å²) in [5.41, 5.74) is 1.20. The molecule has 0 N–H and O–H groups in total. The van der Waals surface area contributed by atoms with E-state index < -0.39 is 0 Å². The molecular weight excluding hydrogens is 330 g/mol. The maximum atomic E-state index is 6.42. The van der Waals surface area contributed by atoms with Crippen LogP contribution in [0.15, 0.2) is 29.6 Å². The van der Waals surface area contributed by atoms with Crippen molar-refractivity contribution >= 4 is 22.9 Å². The highest BCUT2D eigenvalue weighted by Gasteiger charge is 2.27. The Morgan fingerprint density at radius 1 is 1.22 bits per heavy atom. The van der Waals surface area contributed by atoms with E-state index in [1.54, 1.807) is 0 Å². The number of hydrogen-bond acceptors (Lipinski definition) is 4. The Morgan fingerprint density at radius 3 is 3.00 bits per heavy atom. The highest BCUT2D eigenvalue weighted by atomic mass is 35.5. The molecule has 1 unspecified atom stereocenters. The predicted octanol–water partition coefficient (Wildman–Crippen LogP) is 4.90. The Morgan fingerprint density at radius 2 is 2.13 bits per heavy atom. The Balaban J connectivity index is 1.56. The Bertz CT molecular complexity index is 674. The smallest absolute Gasteiger partial charge is 0.179 e. The number of likely N-dealkylation sites (tertiary alicyclic amines) is 1. The first-order valence-corrected chi connectivity index (χ1v) is 9.42. The van der Waals surface area contributed by atoms with Crippen LogP contribution in [0.4, 0.5) is 0 Å². The molecule has 0 saturated carbocycles. The van der Waals surface area contributed by atoms with E-state index in [1.165, 1.54) is 23.3 Å². The van der Waals surface area contributed by atoms with Gasteiger partial charge in [0.1, 0.15) is 0 Å². The molecule has 1 saturated heterocycles. The molecule has 3 nitrogen and oxygen atoms in total. The number of thiophene rings is 1. The second-order valence-corrected chi connectivity index (χ2v) is 7.49. The number of nitrogens with zero attached hydrogens (tertiary/aromatic N) is 1. The van der Waals surface area contributed by atoms with Crippen LogP contribution in [-0.2, 0) is 6.54 Å². The van der Waals surface area contributed by atoms with Crippen molar-refractivity contribution in [2.75, 3.05) is 19.8 Å². The summed E-state index contributed by atoms with van der Waals surface area (Å²) >= 11 is 8.27. The fraction of sp³-hybridized carbons (Fsp3) is 0.444. The lowest BCUT2D eigenvalue weighted by atomic mass is 10.1. The van der Waals surface area contributed by atoms with Gasteiger partial charge in [-0.05, 0) is 48.5 Å². The summed E-state index contributed by atoms with van der Waals surface area (Å²) in [4.78, 5) is 4.00. The quantitative estimate of drug-likeness (QED) is 0.786. The highest BCUT2D eigenvalue weighted by molar-refractivity contribution is 7.10. The fourth-order valence-electron chi connectivity index (χ4n) is 3.43. The number of rotatable bonds is 3. The van der Waals surface area contributed by atoms with Crippen molar-refractivity contribution in [2.45, 2.75) is 31.8 Å². The number of fused-ring (bicyclic) bond motifs is 1. The van der Waals surface area contributed by atoms with Gasteiger partial charge in [-0.2, -0.15) is 0 Å². The lowest BCUT2D eigenvalue weighted by Crippen LogP contribution is -2.22. The normalized spacial score (nSPS) is 21.3. The molecule has 4 rings (SSSR count). The first-order valence-electron chi connectivity index (χ1n) is 8.17. The van der Waals surface area contributed by atoms with Crippen LogP contribution >= 0.6 is 22.9 Å². The molecule has 0 amide bonds. The summed E-state index contributed by atoms with van der Waals surface area (Å²) in [6.45, 7) is 3.39. The van der Waals surface area contributed by atoms with E-state index in [2.05, 4.69) is 28.5 Å². The molecule has 0 bridgehead atoms. The SMILES string of the molecule is Clc1cc(CN2CCCC2c2cccs2)cc2c1OCCCO2. The van der Waals surface area contributed by atoms with E-state index in [0.717, 1.165) is 25.3 Å². The zero-order chi connectivity index (χ0) is 15.6. The van der Waals surface area contributed by atoms with Crippen molar-refractivity contribution in [3.8, 4) is 11.5 Å². The maximum absolute atomic E-state index is 6.42. The molecule has 1 aromatic carbocycles. The zero-order valence-corrected chi connectivity index (χ0v) is 14.5. The summed E-state index contributed by atoms with van der Waals surface area (Å²) in [7, 11) is 0. The van der Waals surface area contributed by atoms with E-state index >= 15 is 0 Å². The topological polar surface area (TPSA) is 21.7 Å². The van der Waals surface area contributed by atoms with E-state index in [1.807, 2.05) is 17.4 Å². The van der Waals surface area contributed by atoms with Gasteiger partial charge in [-0.15, -0.1) is 11.3 Å². The minimum absolute atomic E-state index is 0.532. The van der Waals surface area contributed by atoms with Gasteiger partial charge < -0.3 is 9.47 Å². The van der Waals surface area contributed by atoms with Gasteiger partial charge in [-0.3, -0.25) is 4.90 Å². The van der Waals surface area contributed by atoms with Crippen molar-refractivity contribution < 1.29 is 9.47 Å². The molecule has 0 aliphatic carbocycles. The second kappa shape index (κ2) is 6.71. The third-order valence-corrected chi connectivity index (χ3v) is 5.74. The summed E-state index contributed by atoms with van der Waals surface area (Å²) in [5, 5.41) is 2.82. The largest absolute Gasteiger partial charge is 0.489 e. The van der Waals surface area contributed by atoms with E-state index in [-0.39, 0.29) is 0 Å². The molecular formula is C18H20ClNO2S. The second-order valence-electron chi connectivity index (χ2n) is 6.10. The average molecular weight is 350 g/mol. The molecule has 0 radical (unpaired) electrons. The Hall–Kier alpha value is -1.23. The van der Waals surface area contributed by atoms with Crippen molar-refractivity contribution in [1.29, 1.82) is 0 Å². The molecule has 1 aromatic heterocycles. The number of benzene rings is 1. The van der Waals surface area contributed by atoms with Gasteiger partial charge in [0.05, 0.1) is 18.2 Å². The standard InChI is InChI=1S/C18H20ClNO2S/c19-14-10-13(11-16-18(14)22-8-3-7-21-16)12-20-6-1-4-15(20)17-5-2-9-23-17/h2,5,9-11,15H,1,3-4,6-8,12H2. The highest BCUT2D eigenvalue weighted by Crippen LogP contribution is 2.40. The lowest BCUT2D eigenvalue weighted by Gasteiger charge is -2.24. The van der Waals surface area contributed by atoms with Crippen LogP contribution in [0.25, 0.3) is 0 Å². The van der Waals surface area contributed by atoms with Gasteiger partial charge >= 0.3 is 0 Å².